The van der Waals surface area contributed by atoms with Crippen molar-refractivity contribution in [1.29, 1.82) is 0 Å². The summed E-state index contributed by atoms with van der Waals surface area (Å²) in [4.78, 5) is 25.5. The monoisotopic (exact) mass is 969 g/mol. The van der Waals surface area contributed by atoms with E-state index < -0.39 is 20.0 Å². The Balaban J connectivity index is 4.13. The Morgan fingerprint density at radius 1 is 0.507 bits per heavy atom. The third-order valence-corrected chi connectivity index (χ3v) is 14.7. The minimum Gasteiger partial charge on any atom is -0.756 e. The zero-order valence-electron chi connectivity index (χ0n) is 45.6. The van der Waals surface area contributed by atoms with Crippen LogP contribution >= 0.6 is 7.82 Å². The Kier molecular flexibility index (Phi) is 49.6. The molecule has 0 aromatic heterocycles. The average Bonchev–Trinajstić information content (AvgIpc) is 3.29. The van der Waals surface area contributed by atoms with Gasteiger partial charge < -0.3 is 28.8 Å². The van der Waals surface area contributed by atoms with Gasteiger partial charge in [0.2, 0.25) is 5.91 Å². The summed E-state index contributed by atoms with van der Waals surface area (Å²) in [5.41, 5.74) is 0. The molecule has 3 unspecified atom stereocenters. The molecule has 0 saturated heterocycles. The highest BCUT2D eigenvalue weighted by atomic mass is 31.2. The van der Waals surface area contributed by atoms with E-state index in [1.54, 1.807) is 0 Å². The average molecular weight is 970 g/mol. The number of likely N-dealkylation sites (N-methyl/N-ethyl adjacent to an activating group) is 1. The number of unbranched alkanes of at least 4 members (excludes halogenated alkanes) is 40. The van der Waals surface area contributed by atoms with Crippen molar-refractivity contribution in [3.05, 3.63) is 12.2 Å². The Morgan fingerprint density at radius 2 is 0.821 bits per heavy atom. The maximum atomic E-state index is 13.0. The van der Waals surface area contributed by atoms with Crippen LogP contribution < -0.4 is 10.2 Å². The van der Waals surface area contributed by atoms with E-state index in [0.717, 1.165) is 38.5 Å². The van der Waals surface area contributed by atoms with Crippen LogP contribution in [-0.4, -0.2) is 68.5 Å². The first-order valence-electron chi connectivity index (χ1n) is 29.5. The van der Waals surface area contributed by atoms with Crippen molar-refractivity contribution >= 4 is 13.7 Å². The van der Waals surface area contributed by atoms with Crippen LogP contribution in [0, 0.1) is 0 Å². The number of phosphoric ester groups is 1. The highest BCUT2D eigenvalue weighted by Gasteiger charge is 2.24. The number of amides is 1. The molecule has 2 N–H and O–H groups in total. The van der Waals surface area contributed by atoms with Crippen molar-refractivity contribution in [2.75, 3.05) is 40.9 Å². The second-order valence-electron chi connectivity index (χ2n) is 21.7. The lowest BCUT2D eigenvalue weighted by molar-refractivity contribution is -0.870. The molecule has 0 aliphatic rings. The molecular weight excluding hydrogens is 852 g/mol. The van der Waals surface area contributed by atoms with Crippen LogP contribution in [0.3, 0.4) is 0 Å². The first-order chi connectivity index (χ1) is 32.5. The summed E-state index contributed by atoms with van der Waals surface area (Å²) in [6.07, 6.45) is 61.0. The quantitative estimate of drug-likeness (QED) is 0.0272. The van der Waals surface area contributed by atoms with Crippen LogP contribution in [0.5, 0.6) is 0 Å². The number of carbonyl (C=O) groups is 1. The molecule has 0 spiro atoms. The van der Waals surface area contributed by atoms with Gasteiger partial charge in [0.25, 0.3) is 7.82 Å². The highest BCUT2D eigenvalue weighted by molar-refractivity contribution is 7.45. The Bertz CT molecular complexity index is 1100. The maximum absolute atomic E-state index is 13.0. The number of rotatable bonds is 55. The maximum Gasteiger partial charge on any atom is 0.268 e. The predicted molar refractivity (Wildman–Crippen MR) is 289 cm³/mol. The molecule has 0 saturated carbocycles. The largest absolute Gasteiger partial charge is 0.756 e. The van der Waals surface area contributed by atoms with Crippen LogP contribution in [0.2, 0.25) is 0 Å². The second-order valence-corrected chi connectivity index (χ2v) is 23.1. The molecule has 0 rings (SSSR count). The van der Waals surface area contributed by atoms with Gasteiger partial charge in [-0.05, 0) is 38.5 Å². The minimum absolute atomic E-state index is 0.0143. The van der Waals surface area contributed by atoms with Crippen LogP contribution in [0.15, 0.2) is 12.2 Å². The first-order valence-corrected chi connectivity index (χ1v) is 31.0. The lowest BCUT2D eigenvalue weighted by Gasteiger charge is -2.30. The normalized spacial score (nSPS) is 14.0. The summed E-state index contributed by atoms with van der Waals surface area (Å²) < 4.78 is 23.4. The van der Waals surface area contributed by atoms with E-state index >= 15 is 0 Å². The molecule has 0 aliphatic heterocycles. The molecule has 0 radical (unpaired) electrons. The SMILES string of the molecule is CCCCCCCCCCCCCC/C=C\CCCCCCCCCCCC(=O)NC(COP(=O)([O-])OCC[N+](C)(C)C)C(O)CCCCCCCCCCCCCCCCCCCCCC. The number of carbonyl (C=O) groups excluding carboxylic acids is 1. The van der Waals surface area contributed by atoms with Crippen LogP contribution in [0.25, 0.3) is 0 Å². The molecule has 0 heterocycles. The lowest BCUT2D eigenvalue weighted by atomic mass is 10.0. The van der Waals surface area contributed by atoms with Gasteiger partial charge in [-0.1, -0.05) is 270 Å². The van der Waals surface area contributed by atoms with Gasteiger partial charge in [0.05, 0.1) is 39.9 Å². The Morgan fingerprint density at radius 3 is 1.16 bits per heavy atom. The zero-order valence-corrected chi connectivity index (χ0v) is 46.5. The lowest BCUT2D eigenvalue weighted by Crippen LogP contribution is -2.46. The molecule has 0 aliphatic carbocycles. The topological polar surface area (TPSA) is 108 Å². The Hall–Kier alpha value is -0.760. The number of nitrogens with zero attached hydrogens (tertiary/aromatic N) is 1. The summed E-state index contributed by atoms with van der Waals surface area (Å²) in [6.45, 7) is 4.77. The molecule has 400 valence electrons. The predicted octanol–water partition coefficient (Wildman–Crippen LogP) is 17.2. The minimum atomic E-state index is -4.57. The van der Waals surface area contributed by atoms with E-state index in [1.165, 1.54) is 238 Å². The van der Waals surface area contributed by atoms with E-state index in [1.807, 2.05) is 21.1 Å². The number of phosphoric acid groups is 1. The molecule has 67 heavy (non-hydrogen) atoms. The third kappa shape index (κ3) is 52.9. The second kappa shape index (κ2) is 50.2. The van der Waals surface area contributed by atoms with Gasteiger partial charge in [-0.3, -0.25) is 9.36 Å². The summed E-state index contributed by atoms with van der Waals surface area (Å²) in [6, 6.07) is -0.799. The number of aliphatic hydroxyl groups excluding tert-OH is 1. The van der Waals surface area contributed by atoms with Crippen molar-refractivity contribution in [3.63, 3.8) is 0 Å². The van der Waals surface area contributed by atoms with Gasteiger partial charge in [0, 0.05) is 6.42 Å². The van der Waals surface area contributed by atoms with Crippen molar-refractivity contribution in [3.8, 4) is 0 Å². The van der Waals surface area contributed by atoms with Gasteiger partial charge in [0.15, 0.2) is 0 Å². The number of aliphatic hydroxyl groups is 1. The summed E-state index contributed by atoms with van der Waals surface area (Å²) in [5.74, 6) is -0.161. The van der Waals surface area contributed by atoms with Gasteiger partial charge in [-0.15, -0.1) is 0 Å². The molecule has 0 fully saturated rings. The van der Waals surface area contributed by atoms with Crippen molar-refractivity contribution in [2.24, 2.45) is 0 Å². The van der Waals surface area contributed by atoms with Crippen LogP contribution in [0.1, 0.15) is 303 Å². The molecule has 0 aromatic rings. The molecule has 0 aromatic carbocycles. The van der Waals surface area contributed by atoms with E-state index in [2.05, 4.69) is 31.3 Å². The standard InChI is InChI=1S/C58H117N2O6P/c1-6-8-10-12-14-16-18-20-22-24-26-28-29-30-31-32-34-36-38-40-42-44-46-48-50-52-58(62)59-56(55-66-67(63,64)65-54-53-60(3,4)5)57(61)51-49-47-45-43-41-39-37-35-33-27-25-23-21-19-17-15-13-11-9-7-2/h30-31,56-57,61H,6-29,32-55H2,1-5H3,(H-,59,62,63,64)/b31-30-. The van der Waals surface area contributed by atoms with Gasteiger partial charge in [-0.25, -0.2) is 0 Å². The fourth-order valence-corrected chi connectivity index (χ4v) is 9.82. The first kappa shape index (κ1) is 66.2. The number of nitrogens with one attached hydrogen (secondary N) is 1. The number of hydrogen-bond donors (Lipinski definition) is 2. The van der Waals surface area contributed by atoms with E-state index in [4.69, 9.17) is 9.05 Å². The summed E-state index contributed by atoms with van der Waals surface area (Å²) in [7, 11) is 1.32. The fourth-order valence-electron chi connectivity index (χ4n) is 9.10. The van der Waals surface area contributed by atoms with Crippen molar-refractivity contribution < 1.29 is 32.9 Å². The van der Waals surface area contributed by atoms with Crippen LogP contribution in [0.4, 0.5) is 0 Å². The molecular formula is C58H117N2O6P. The zero-order chi connectivity index (χ0) is 49.2. The summed E-state index contributed by atoms with van der Waals surface area (Å²) >= 11 is 0. The molecule has 8 nitrogen and oxygen atoms in total. The highest BCUT2D eigenvalue weighted by Crippen LogP contribution is 2.38. The van der Waals surface area contributed by atoms with E-state index in [-0.39, 0.29) is 19.1 Å². The van der Waals surface area contributed by atoms with Gasteiger partial charge in [0.1, 0.15) is 13.2 Å². The smallest absolute Gasteiger partial charge is 0.268 e. The molecule has 0 bridgehead atoms. The van der Waals surface area contributed by atoms with Gasteiger partial charge >= 0.3 is 0 Å². The molecule has 1 amide bonds. The summed E-state index contributed by atoms with van der Waals surface area (Å²) in [5, 5.41) is 14.0. The number of allylic oxidation sites excluding steroid dienone is 2. The number of hydrogen-bond acceptors (Lipinski definition) is 6. The van der Waals surface area contributed by atoms with E-state index in [0.29, 0.717) is 23.9 Å². The van der Waals surface area contributed by atoms with Crippen molar-refractivity contribution in [1.82, 2.24) is 5.32 Å². The van der Waals surface area contributed by atoms with Crippen molar-refractivity contribution in [2.45, 2.75) is 315 Å². The fraction of sp³-hybridized carbons (Fsp3) is 0.948. The van der Waals surface area contributed by atoms with E-state index in [9.17, 15) is 19.4 Å². The molecule has 9 heteroatoms. The third-order valence-electron chi connectivity index (χ3n) is 13.8. The Labute approximate surface area is 418 Å². The molecule has 3 atom stereocenters. The van der Waals surface area contributed by atoms with Gasteiger partial charge in [-0.2, -0.15) is 0 Å². The van der Waals surface area contributed by atoms with Crippen LogP contribution in [-0.2, 0) is 18.4 Å². The number of quaternary nitrogens is 1.